The summed E-state index contributed by atoms with van der Waals surface area (Å²) in [5.41, 5.74) is -1.09. The third-order valence-electron chi connectivity index (χ3n) is 1.75. The molecule has 1 unspecified atom stereocenters. The lowest BCUT2D eigenvalue weighted by Gasteiger charge is -2.21. The van der Waals surface area contributed by atoms with E-state index < -0.39 is 5.43 Å². The van der Waals surface area contributed by atoms with Crippen molar-refractivity contribution < 1.29 is 19.1 Å². The third kappa shape index (κ3) is 15.2. The lowest BCUT2D eigenvalue weighted by Crippen LogP contribution is -2.27. The molecule has 4 nitrogen and oxygen atoms in total. The quantitative estimate of drug-likeness (QED) is 0.576. The van der Waals surface area contributed by atoms with Gasteiger partial charge in [0.05, 0.1) is 12.0 Å². The van der Waals surface area contributed by atoms with Gasteiger partial charge in [0.2, 0.25) is 0 Å². The van der Waals surface area contributed by atoms with Gasteiger partial charge in [-0.05, 0) is 41.0 Å². The highest BCUT2D eigenvalue weighted by Crippen LogP contribution is 2.12. The molecule has 0 aromatic rings. The smallest absolute Gasteiger partial charge is 0.404 e. The third-order valence-corrected chi connectivity index (χ3v) is 1.84. The zero-order valence-corrected chi connectivity index (χ0v) is 13.1. The standard InChI is InChI=1S/C9H18O2.C4H7ClO2/c1-6-7(2)8(10)11-9(3,4)5;1-3(2)7-4(5)6/h7H,6H2,1-5H3;3H,1-2H3. The van der Waals surface area contributed by atoms with Crippen LogP contribution in [0.15, 0.2) is 0 Å². The van der Waals surface area contributed by atoms with Crippen molar-refractivity contribution in [2.75, 3.05) is 0 Å². The van der Waals surface area contributed by atoms with Crippen LogP contribution in [0.4, 0.5) is 4.79 Å². The molecule has 0 aliphatic heterocycles. The van der Waals surface area contributed by atoms with E-state index in [1.54, 1.807) is 13.8 Å². The molecule has 0 rings (SSSR count). The number of esters is 1. The van der Waals surface area contributed by atoms with Crippen molar-refractivity contribution in [1.29, 1.82) is 0 Å². The largest absolute Gasteiger partial charge is 0.460 e. The van der Waals surface area contributed by atoms with Crippen molar-refractivity contribution in [2.24, 2.45) is 5.92 Å². The van der Waals surface area contributed by atoms with Gasteiger partial charge < -0.3 is 9.47 Å². The maximum Gasteiger partial charge on any atom is 0.404 e. The van der Waals surface area contributed by atoms with E-state index in [1.807, 2.05) is 34.6 Å². The highest BCUT2D eigenvalue weighted by Gasteiger charge is 2.19. The number of rotatable bonds is 3. The van der Waals surface area contributed by atoms with E-state index in [9.17, 15) is 9.59 Å². The van der Waals surface area contributed by atoms with Crippen molar-refractivity contribution in [2.45, 2.75) is 66.6 Å². The van der Waals surface area contributed by atoms with Gasteiger partial charge in [-0.25, -0.2) is 4.79 Å². The molecule has 0 spiro atoms. The summed E-state index contributed by atoms with van der Waals surface area (Å²) in [6, 6.07) is 0. The molecule has 1 atom stereocenters. The summed E-state index contributed by atoms with van der Waals surface area (Å²) >= 11 is 4.81. The van der Waals surface area contributed by atoms with Crippen molar-refractivity contribution >= 4 is 23.0 Å². The van der Waals surface area contributed by atoms with Crippen molar-refractivity contribution in [3.05, 3.63) is 0 Å². The Morgan fingerprint density at radius 1 is 1.17 bits per heavy atom. The fourth-order valence-corrected chi connectivity index (χ4v) is 0.933. The van der Waals surface area contributed by atoms with Crippen LogP contribution in [0.5, 0.6) is 0 Å². The molecule has 0 aliphatic rings. The van der Waals surface area contributed by atoms with Crippen molar-refractivity contribution in [3.63, 3.8) is 0 Å². The van der Waals surface area contributed by atoms with Gasteiger partial charge in [-0.15, -0.1) is 0 Å². The molecule has 0 amide bonds. The molecule has 0 fully saturated rings. The highest BCUT2D eigenvalue weighted by molar-refractivity contribution is 6.61. The first kappa shape index (κ1) is 19.6. The molecule has 0 radical (unpaired) electrons. The SMILES string of the molecule is CC(C)OC(=O)Cl.CCC(C)C(=O)OC(C)(C)C. The number of carbonyl (C=O) groups excluding carboxylic acids is 2. The van der Waals surface area contributed by atoms with E-state index >= 15 is 0 Å². The fourth-order valence-electron chi connectivity index (χ4n) is 0.754. The first-order chi connectivity index (χ1) is 7.99. The Balaban J connectivity index is 0. The maximum absolute atomic E-state index is 11.2. The number of carbonyl (C=O) groups is 2. The Bertz CT molecular complexity index is 256. The molecular formula is C13H25ClO4. The van der Waals surface area contributed by atoms with Gasteiger partial charge in [0.1, 0.15) is 5.60 Å². The van der Waals surface area contributed by atoms with Gasteiger partial charge in [0, 0.05) is 11.6 Å². The van der Waals surface area contributed by atoms with Crippen LogP contribution >= 0.6 is 11.6 Å². The molecule has 108 valence electrons. The summed E-state index contributed by atoms with van der Waals surface area (Å²) in [7, 11) is 0. The van der Waals surface area contributed by atoms with Gasteiger partial charge in [-0.2, -0.15) is 0 Å². The Morgan fingerprint density at radius 3 is 1.78 bits per heavy atom. The Labute approximate surface area is 115 Å². The fraction of sp³-hybridized carbons (Fsp3) is 0.846. The van der Waals surface area contributed by atoms with Crippen LogP contribution < -0.4 is 0 Å². The maximum atomic E-state index is 11.2. The second kappa shape index (κ2) is 9.20. The topological polar surface area (TPSA) is 52.6 Å². The molecule has 0 saturated heterocycles. The van der Waals surface area contributed by atoms with Crippen molar-refractivity contribution in [1.82, 2.24) is 0 Å². The van der Waals surface area contributed by atoms with Crippen LogP contribution in [0.2, 0.25) is 0 Å². The normalized spacial score (nSPS) is 12.3. The number of hydrogen-bond acceptors (Lipinski definition) is 4. The molecule has 0 heterocycles. The molecule has 0 saturated carbocycles. The highest BCUT2D eigenvalue weighted by atomic mass is 35.5. The van der Waals surface area contributed by atoms with Gasteiger partial charge >= 0.3 is 11.4 Å². The van der Waals surface area contributed by atoms with Crippen LogP contribution in [0, 0.1) is 5.92 Å². The molecule has 18 heavy (non-hydrogen) atoms. The van der Waals surface area contributed by atoms with Crippen molar-refractivity contribution in [3.8, 4) is 0 Å². The number of hydrogen-bond donors (Lipinski definition) is 0. The summed E-state index contributed by atoms with van der Waals surface area (Å²) in [5, 5.41) is 0. The molecule has 0 bridgehead atoms. The molecule has 0 N–H and O–H groups in total. The average Bonchev–Trinajstić information content (AvgIpc) is 2.12. The van der Waals surface area contributed by atoms with Gasteiger partial charge in [0.25, 0.3) is 0 Å². The van der Waals surface area contributed by atoms with E-state index in [1.165, 1.54) is 0 Å². The Morgan fingerprint density at radius 2 is 1.61 bits per heavy atom. The van der Waals surface area contributed by atoms with Crippen LogP contribution in [0.3, 0.4) is 0 Å². The lowest BCUT2D eigenvalue weighted by molar-refractivity contribution is -0.159. The molecule has 0 aromatic heterocycles. The van der Waals surface area contributed by atoms with E-state index in [4.69, 9.17) is 16.3 Å². The van der Waals surface area contributed by atoms with Gasteiger partial charge in [-0.1, -0.05) is 13.8 Å². The summed E-state index contributed by atoms with van der Waals surface area (Å²) in [6.45, 7) is 13.0. The summed E-state index contributed by atoms with van der Waals surface area (Å²) in [4.78, 5) is 21.0. The first-order valence-corrected chi connectivity index (χ1v) is 6.46. The second-order valence-corrected chi connectivity index (χ2v) is 5.56. The average molecular weight is 281 g/mol. The number of ether oxygens (including phenoxy) is 2. The van der Waals surface area contributed by atoms with Gasteiger partial charge in [0.15, 0.2) is 0 Å². The second-order valence-electron chi connectivity index (χ2n) is 5.25. The molecule has 0 aromatic carbocycles. The Kier molecular flexibility index (Phi) is 10.00. The summed E-state index contributed by atoms with van der Waals surface area (Å²) in [6.07, 6.45) is 0.736. The van der Waals surface area contributed by atoms with Crippen LogP contribution in [-0.4, -0.2) is 23.1 Å². The predicted octanol–water partition coefficient (Wildman–Crippen LogP) is 4.14. The summed E-state index contributed by atoms with van der Waals surface area (Å²) < 4.78 is 9.53. The Hall–Kier alpha value is -0.770. The van der Waals surface area contributed by atoms with Gasteiger partial charge in [-0.3, -0.25) is 4.79 Å². The minimum Gasteiger partial charge on any atom is -0.460 e. The van der Waals surface area contributed by atoms with E-state index in [2.05, 4.69) is 4.74 Å². The lowest BCUT2D eigenvalue weighted by atomic mass is 10.1. The zero-order valence-electron chi connectivity index (χ0n) is 12.4. The minimum atomic E-state index is -0.741. The molecule has 0 aliphatic carbocycles. The molecular weight excluding hydrogens is 256 g/mol. The predicted molar refractivity (Wildman–Crippen MR) is 72.8 cm³/mol. The monoisotopic (exact) mass is 280 g/mol. The first-order valence-electron chi connectivity index (χ1n) is 6.08. The van der Waals surface area contributed by atoms with Crippen LogP contribution in [-0.2, 0) is 14.3 Å². The van der Waals surface area contributed by atoms with Crippen LogP contribution in [0.1, 0.15) is 54.9 Å². The molecule has 5 heteroatoms. The van der Waals surface area contributed by atoms with E-state index in [-0.39, 0.29) is 23.6 Å². The summed E-state index contributed by atoms with van der Waals surface area (Å²) in [5.74, 6) is -0.0748. The number of halogens is 1. The zero-order chi connectivity index (χ0) is 14.9. The van der Waals surface area contributed by atoms with Crippen LogP contribution in [0.25, 0.3) is 0 Å². The van der Waals surface area contributed by atoms with E-state index in [0.717, 1.165) is 6.42 Å². The van der Waals surface area contributed by atoms with E-state index in [0.29, 0.717) is 0 Å². The minimum absolute atomic E-state index is 0.0224.